The SMILES string of the molecule is OC(OC(F)(F)C(F)(F)C(F)(F)F)C(F)(F)C(F)(F)C(F)F. The van der Waals surface area contributed by atoms with Crippen molar-refractivity contribution in [2.45, 2.75) is 42.8 Å². The van der Waals surface area contributed by atoms with Crippen molar-refractivity contribution in [2.75, 3.05) is 0 Å². The number of alkyl halides is 13. The molecule has 0 aliphatic heterocycles. The first-order valence-electron chi connectivity index (χ1n) is 4.54. The third-order valence-electron chi connectivity index (χ3n) is 2.01. The molecule has 1 unspecified atom stereocenters. The number of aliphatic hydroxyl groups excluding tert-OH is 1. The topological polar surface area (TPSA) is 29.5 Å². The molecule has 134 valence electrons. The van der Waals surface area contributed by atoms with Crippen molar-refractivity contribution in [3.8, 4) is 0 Å². The van der Waals surface area contributed by atoms with Crippen LogP contribution in [0.25, 0.3) is 0 Å². The predicted octanol–water partition coefficient (Wildman–Crippen LogP) is 3.65. The van der Waals surface area contributed by atoms with Crippen LogP contribution in [0.2, 0.25) is 0 Å². The first-order chi connectivity index (χ1) is 9.32. The quantitative estimate of drug-likeness (QED) is 0.575. The van der Waals surface area contributed by atoms with E-state index in [1.54, 1.807) is 0 Å². The van der Waals surface area contributed by atoms with Gasteiger partial charge in [-0.05, 0) is 0 Å². The van der Waals surface area contributed by atoms with Gasteiger partial charge in [0.2, 0.25) is 6.29 Å². The summed E-state index contributed by atoms with van der Waals surface area (Å²) in [5.41, 5.74) is 0. The van der Waals surface area contributed by atoms with E-state index in [0.29, 0.717) is 0 Å². The summed E-state index contributed by atoms with van der Waals surface area (Å²) in [6.45, 7) is 0. The Balaban J connectivity index is 5.49. The molecule has 0 bridgehead atoms. The van der Waals surface area contributed by atoms with Crippen LogP contribution in [0.3, 0.4) is 0 Å². The molecule has 0 spiro atoms. The number of hydrogen-bond donors (Lipinski definition) is 1. The summed E-state index contributed by atoms with van der Waals surface area (Å²) in [5.74, 6) is -20.3. The zero-order valence-corrected chi connectivity index (χ0v) is 9.42. The van der Waals surface area contributed by atoms with Gasteiger partial charge in [0.15, 0.2) is 0 Å². The molecule has 0 aromatic carbocycles. The minimum atomic E-state index is -7.18. The van der Waals surface area contributed by atoms with Crippen LogP contribution < -0.4 is 0 Å². The van der Waals surface area contributed by atoms with E-state index in [4.69, 9.17) is 5.11 Å². The Morgan fingerprint density at radius 2 is 1.05 bits per heavy atom. The number of aliphatic hydroxyl groups is 1. The zero-order valence-electron chi connectivity index (χ0n) is 9.42. The van der Waals surface area contributed by atoms with E-state index in [9.17, 15) is 57.1 Å². The van der Waals surface area contributed by atoms with Crippen molar-refractivity contribution in [1.82, 2.24) is 0 Å². The van der Waals surface area contributed by atoms with Crippen molar-refractivity contribution < 1.29 is 66.9 Å². The summed E-state index contributed by atoms with van der Waals surface area (Å²) >= 11 is 0. The van der Waals surface area contributed by atoms with E-state index in [2.05, 4.69) is 0 Å². The van der Waals surface area contributed by atoms with Gasteiger partial charge in [-0.1, -0.05) is 0 Å². The molecule has 0 aromatic heterocycles. The van der Waals surface area contributed by atoms with Gasteiger partial charge < -0.3 is 5.11 Å². The molecule has 0 aliphatic carbocycles. The molecule has 0 radical (unpaired) electrons. The third kappa shape index (κ3) is 3.33. The second-order valence-electron chi connectivity index (χ2n) is 3.61. The van der Waals surface area contributed by atoms with Crippen molar-refractivity contribution >= 4 is 0 Å². The summed E-state index contributed by atoms with van der Waals surface area (Å²) in [4.78, 5) is 0. The molecule has 1 atom stereocenters. The molecule has 0 saturated heterocycles. The van der Waals surface area contributed by atoms with E-state index in [1.165, 1.54) is 0 Å². The van der Waals surface area contributed by atoms with E-state index in [-0.39, 0.29) is 0 Å². The van der Waals surface area contributed by atoms with Crippen LogP contribution in [-0.4, -0.2) is 47.9 Å². The zero-order chi connectivity index (χ0) is 18.4. The molecule has 2 nitrogen and oxygen atoms in total. The third-order valence-corrected chi connectivity index (χ3v) is 2.01. The Labute approximate surface area is 111 Å². The number of rotatable bonds is 6. The maximum Gasteiger partial charge on any atom is 0.462 e. The average molecular weight is 366 g/mol. The highest BCUT2D eigenvalue weighted by Gasteiger charge is 2.77. The molecule has 0 heterocycles. The van der Waals surface area contributed by atoms with Gasteiger partial charge >= 0.3 is 36.5 Å². The summed E-state index contributed by atoms with van der Waals surface area (Å²) in [6, 6.07) is 0. The minimum absolute atomic E-state index is 1.92. The lowest BCUT2D eigenvalue weighted by atomic mass is 10.1. The molecule has 0 rings (SSSR count). The number of halogens is 13. The Kier molecular flexibility index (Phi) is 5.33. The van der Waals surface area contributed by atoms with Crippen LogP contribution in [-0.2, 0) is 4.74 Å². The van der Waals surface area contributed by atoms with E-state index >= 15 is 0 Å². The Morgan fingerprint density at radius 1 is 0.682 bits per heavy atom. The molecule has 22 heavy (non-hydrogen) atoms. The van der Waals surface area contributed by atoms with Gasteiger partial charge in [-0.2, -0.15) is 48.3 Å². The maximum atomic E-state index is 12.6. The van der Waals surface area contributed by atoms with Crippen molar-refractivity contribution in [3.63, 3.8) is 0 Å². The normalized spacial score (nSPS) is 17.0. The highest BCUT2D eigenvalue weighted by molar-refractivity contribution is 4.92. The maximum absolute atomic E-state index is 12.6. The second-order valence-corrected chi connectivity index (χ2v) is 3.61. The van der Waals surface area contributed by atoms with Crippen LogP contribution in [0, 0.1) is 0 Å². The standard InChI is InChI=1S/C7H3F13O2/c8-1(9)3(10,11)4(12,13)2(21)22-7(19,20)5(14,15)6(16,17)18/h1-2,21H. The second kappa shape index (κ2) is 5.58. The van der Waals surface area contributed by atoms with Gasteiger partial charge in [-0.15, -0.1) is 0 Å². The lowest BCUT2D eigenvalue weighted by Crippen LogP contribution is -2.60. The predicted molar refractivity (Wildman–Crippen MR) is 38.9 cm³/mol. The lowest BCUT2D eigenvalue weighted by Gasteiger charge is -2.33. The van der Waals surface area contributed by atoms with E-state index < -0.39 is 42.8 Å². The van der Waals surface area contributed by atoms with Gasteiger partial charge in [-0.25, -0.2) is 8.78 Å². The fourth-order valence-corrected chi connectivity index (χ4v) is 0.763. The minimum Gasteiger partial charge on any atom is -0.363 e. The number of hydrogen-bond acceptors (Lipinski definition) is 2. The van der Waals surface area contributed by atoms with Gasteiger partial charge in [0.05, 0.1) is 0 Å². The monoisotopic (exact) mass is 366 g/mol. The molecule has 0 aromatic rings. The Bertz CT molecular complexity index is 386. The molecule has 0 aliphatic rings. The van der Waals surface area contributed by atoms with Crippen LogP contribution in [0.15, 0.2) is 0 Å². The van der Waals surface area contributed by atoms with Gasteiger partial charge in [0.25, 0.3) is 0 Å². The largest absolute Gasteiger partial charge is 0.462 e. The molecular formula is C7H3F13O2. The first-order valence-corrected chi connectivity index (χ1v) is 4.54. The molecular weight excluding hydrogens is 363 g/mol. The number of ether oxygens (including phenoxy) is 1. The van der Waals surface area contributed by atoms with Crippen LogP contribution >= 0.6 is 0 Å². The van der Waals surface area contributed by atoms with Crippen LogP contribution in [0.1, 0.15) is 0 Å². The molecule has 0 saturated carbocycles. The fourth-order valence-electron chi connectivity index (χ4n) is 0.763. The summed E-state index contributed by atoms with van der Waals surface area (Å²) in [5, 5.41) is 8.16. The Hall–Kier alpha value is -0.990. The smallest absolute Gasteiger partial charge is 0.363 e. The van der Waals surface area contributed by atoms with Crippen LogP contribution in [0.4, 0.5) is 57.1 Å². The van der Waals surface area contributed by atoms with E-state index in [0.717, 1.165) is 0 Å². The van der Waals surface area contributed by atoms with Gasteiger partial charge in [-0.3, -0.25) is 4.74 Å². The Morgan fingerprint density at radius 3 is 1.32 bits per heavy atom. The summed E-state index contributed by atoms with van der Waals surface area (Å²) in [6.07, 6.45) is -24.4. The van der Waals surface area contributed by atoms with Gasteiger partial charge in [0.1, 0.15) is 0 Å². The highest BCUT2D eigenvalue weighted by atomic mass is 19.4. The lowest BCUT2D eigenvalue weighted by molar-refractivity contribution is -0.468. The van der Waals surface area contributed by atoms with Gasteiger partial charge in [0, 0.05) is 0 Å². The summed E-state index contributed by atoms with van der Waals surface area (Å²) < 4.78 is 159. The first kappa shape index (κ1) is 21.0. The molecule has 1 N–H and O–H groups in total. The van der Waals surface area contributed by atoms with E-state index in [1.807, 2.05) is 4.74 Å². The average Bonchev–Trinajstić information content (AvgIpc) is 2.25. The van der Waals surface area contributed by atoms with Crippen molar-refractivity contribution in [2.24, 2.45) is 0 Å². The van der Waals surface area contributed by atoms with Crippen LogP contribution in [0.5, 0.6) is 0 Å². The van der Waals surface area contributed by atoms with Crippen molar-refractivity contribution in [3.05, 3.63) is 0 Å². The molecule has 15 heteroatoms. The highest BCUT2D eigenvalue weighted by Crippen LogP contribution is 2.49. The molecule has 0 fully saturated rings. The summed E-state index contributed by atoms with van der Waals surface area (Å²) in [7, 11) is 0. The van der Waals surface area contributed by atoms with Crippen molar-refractivity contribution in [1.29, 1.82) is 0 Å². The molecule has 0 amide bonds. The fraction of sp³-hybridized carbons (Fsp3) is 1.00.